The number of carbonyl (C=O) groups is 2. The number of hydrogen-bond donors (Lipinski definition) is 0. The third kappa shape index (κ3) is 3.46. The van der Waals surface area contributed by atoms with Gasteiger partial charge in [-0.2, -0.15) is 4.98 Å². The van der Waals surface area contributed by atoms with Crippen LogP contribution in [0.3, 0.4) is 0 Å². The van der Waals surface area contributed by atoms with Gasteiger partial charge in [-0.05, 0) is 46.2 Å². The van der Waals surface area contributed by atoms with Crippen molar-refractivity contribution in [1.82, 2.24) is 14.9 Å². The van der Waals surface area contributed by atoms with Crippen LogP contribution in [0.5, 0.6) is 0 Å². The highest BCUT2D eigenvalue weighted by molar-refractivity contribution is 7.13. The van der Waals surface area contributed by atoms with Gasteiger partial charge in [0.1, 0.15) is 16.1 Å². The van der Waals surface area contributed by atoms with Crippen LogP contribution >= 0.6 is 11.3 Å². The number of piperidine rings is 1. The summed E-state index contributed by atoms with van der Waals surface area (Å²) in [7, 11) is 0. The van der Waals surface area contributed by atoms with Crippen molar-refractivity contribution in [1.29, 1.82) is 0 Å². The van der Waals surface area contributed by atoms with E-state index in [0.29, 0.717) is 35.8 Å². The second kappa shape index (κ2) is 7.05. The molecule has 3 aliphatic heterocycles. The van der Waals surface area contributed by atoms with E-state index in [-0.39, 0.29) is 24.0 Å². The van der Waals surface area contributed by atoms with E-state index in [4.69, 9.17) is 14.1 Å². The van der Waals surface area contributed by atoms with Crippen LogP contribution in [0.4, 0.5) is 10.8 Å². The second-order valence-corrected chi connectivity index (χ2v) is 9.96. The summed E-state index contributed by atoms with van der Waals surface area (Å²) in [6.07, 6.45) is 2.42. The minimum Gasteiger partial charge on any atom is -0.444 e. The number of anilines is 1. The van der Waals surface area contributed by atoms with Crippen LogP contribution in [-0.4, -0.2) is 57.5 Å². The Balaban J connectivity index is 1.45. The van der Waals surface area contributed by atoms with Gasteiger partial charge >= 0.3 is 6.09 Å². The Labute approximate surface area is 183 Å². The van der Waals surface area contributed by atoms with Crippen molar-refractivity contribution < 1.29 is 18.7 Å². The number of Topliss-reactive ketones (excluding diaryl/α,β-unsaturated/α-hetero) is 1. The lowest BCUT2D eigenvalue weighted by Crippen LogP contribution is -2.70. The standard InChI is InChI=1S/C22H24N4O4S/c1-12(27)15-5-6-16(19-23-7-8-31-19)18-17(15)24-20(29-18)25-10-13-9-14(11-25)26(13)21(28)30-22(2,3)4/h5-8,13-14H,9-11H2,1-4H3. The summed E-state index contributed by atoms with van der Waals surface area (Å²) >= 11 is 1.51. The molecule has 0 saturated carbocycles. The zero-order chi connectivity index (χ0) is 21.9. The molecule has 0 spiro atoms. The van der Waals surface area contributed by atoms with E-state index >= 15 is 0 Å². The topological polar surface area (TPSA) is 88.8 Å². The van der Waals surface area contributed by atoms with Crippen LogP contribution in [0.2, 0.25) is 0 Å². The Morgan fingerprint density at radius 3 is 2.58 bits per heavy atom. The number of piperazine rings is 1. The maximum absolute atomic E-state index is 12.5. The van der Waals surface area contributed by atoms with Crippen LogP contribution in [0.15, 0.2) is 28.1 Å². The first kappa shape index (κ1) is 20.0. The number of ether oxygens (including phenoxy) is 1. The molecule has 3 aliphatic rings. The summed E-state index contributed by atoms with van der Waals surface area (Å²) < 4.78 is 11.7. The Bertz CT molecular complexity index is 1150. The number of thiazole rings is 1. The molecule has 0 aliphatic carbocycles. The molecule has 31 heavy (non-hydrogen) atoms. The van der Waals surface area contributed by atoms with Crippen LogP contribution < -0.4 is 4.90 Å². The summed E-state index contributed by atoms with van der Waals surface area (Å²) in [5, 5.41) is 2.72. The molecule has 3 saturated heterocycles. The molecule has 2 bridgehead atoms. The van der Waals surface area contributed by atoms with Gasteiger partial charge in [-0.1, -0.05) is 0 Å². The van der Waals surface area contributed by atoms with E-state index in [1.165, 1.54) is 18.3 Å². The first-order chi connectivity index (χ1) is 14.7. The molecule has 0 N–H and O–H groups in total. The molecule has 2 atom stereocenters. The van der Waals surface area contributed by atoms with E-state index in [1.54, 1.807) is 12.3 Å². The Hall–Kier alpha value is -2.94. The lowest BCUT2D eigenvalue weighted by molar-refractivity contribution is -0.0386. The summed E-state index contributed by atoms with van der Waals surface area (Å²) in [5.74, 6) is -0.0619. The number of benzene rings is 1. The number of oxazole rings is 1. The fourth-order valence-electron chi connectivity index (χ4n) is 4.32. The molecule has 162 valence electrons. The highest BCUT2D eigenvalue weighted by Gasteiger charge is 2.49. The SMILES string of the molecule is CC(=O)c1ccc(-c2nccs2)c2oc(N3CC4CC(C3)N4C(=O)OC(C)(C)C)nc12. The number of fused-ring (bicyclic) bond motifs is 3. The average Bonchev–Trinajstić information content (AvgIpc) is 3.35. The van der Waals surface area contributed by atoms with E-state index in [1.807, 2.05) is 37.1 Å². The molecule has 3 aromatic rings. The molecule has 1 aromatic carbocycles. The minimum atomic E-state index is -0.518. The Morgan fingerprint density at radius 2 is 1.97 bits per heavy atom. The molecule has 0 radical (unpaired) electrons. The predicted molar refractivity (Wildman–Crippen MR) is 118 cm³/mol. The smallest absolute Gasteiger partial charge is 0.410 e. The van der Waals surface area contributed by atoms with E-state index in [9.17, 15) is 9.59 Å². The van der Waals surface area contributed by atoms with Crippen molar-refractivity contribution >= 4 is 40.3 Å². The van der Waals surface area contributed by atoms with Gasteiger partial charge in [-0.25, -0.2) is 9.78 Å². The monoisotopic (exact) mass is 440 g/mol. The first-order valence-corrected chi connectivity index (χ1v) is 11.2. The molecule has 3 fully saturated rings. The van der Waals surface area contributed by atoms with Crippen LogP contribution in [0.25, 0.3) is 21.7 Å². The van der Waals surface area contributed by atoms with Gasteiger partial charge in [0.05, 0.1) is 17.6 Å². The van der Waals surface area contributed by atoms with Gasteiger partial charge < -0.3 is 14.1 Å². The minimum absolute atomic E-state index is 0.0619. The second-order valence-electron chi connectivity index (χ2n) is 9.06. The predicted octanol–water partition coefficient (Wildman–Crippen LogP) is 4.35. The summed E-state index contributed by atoms with van der Waals surface area (Å²) in [5.41, 5.74) is 1.96. The largest absolute Gasteiger partial charge is 0.444 e. The Kier molecular flexibility index (Phi) is 4.55. The van der Waals surface area contributed by atoms with Crippen molar-refractivity contribution in [2.45, 2.75) is 51.8 Å². The molecule has 1 amide bonds. The average molecular weight is 441 g/mol. The zero-order valence-corrected chi connectivity index (χ0v) is 18.7. The van der Waals surface area contributed by atoms with Gasteiger partial charge in [-0.15, -0.1) is 11.3 Å². The number of hydrogen-bond acceptors (Lipinski definition) is 8. The molecule has 5 heterocycles. The third-order valence-electron chi connectivity index (χ3n) is 5.64. The number of ketones is 1. The molecular weight excluding hydrogens is 416 g/mol. The third-order valence-corrected chi connectivity index (χ3v) is 6.45. The normalized spacial score (nSPS) is 20.6. The molecular formula is C22H24N4O4S. The highest BCUT2D eigenvalue weighted by atomic mass is 32.1. The van der Waals surface area contributed by atoms with Crippen LogP contribution in [0, 0.1) is 0 Å². The van der Waals surface area contributed by atoms with E-state index in [0.717, 1.165) is 17.0 Å². The van der Waals surface area contributed by atoms with Crippen molar-refractivity contribution in [2.75, 3.05) is 18.0 Å². The highest BCUT2D eigenvalue weighted by Crippen LogP contribution is 2.39. The van der Waals surface area contributed by atoms with Gasteiger partial charge in [0.15, 0.2) is 11.4 Å². The molecule has 2 aromatic heterocycles. The van der Waals surface area contributed by atoms with Crippen molar-refractivity contribution in [3.05, 3.63) is 29.3 Å². The van der Waals surface area contributed by atoms with E-state index < -0.39 is 5.60 Å². The first-order valence-electron chi connectivity index (χ1n) is 10.3. The van der Waals surface area contributed by atoms with Gasteiger partial charge in [0.25, 0.3) is 6.01 Å². The van der Waals surface area contributed by atoms with Crippen LogP contribution in [-0.2, 0) is 4.74 Å². The number of amides is 1. The fraction of sp³-hybridized carbons (Fsp3) is 0.455. The van der Waals surface area contributed by atoms with E-state index in [2.05, 4.69) is 9.88 Å². The van der Waals surface area contributed by atoms with Crippen molar-refractivity contribution in [2.24, 2.45) is 0 Å². The molecule has 6 rings (SSSR count). The zero-order valence-electron chi connectivity index (χ0n) is 17.9. The van der Waals surface area contributed by atoms with Crippen molar-refractivity contribution in [3.8, 4) is 10.6 Å². The number of rotatable bonds is 3. The number of carbonyl (C=O) groups excluding carboxylic acids is 2. The summed E-state index contributed by atoms with van der Waals surface area (Å²) in [6.45, 7) is 8.38. The number of nitrogens with zero attached hydrogens (tertiary/aromatic N) is 4. The molecule has 2 unspecified atom stereocenters. The number of aromatic nitrogens is 2. The molecule has 9 heteroatoms. The quantitative estimate of drug-likeness (QED) is 0.559. The van der Waals surface area contributed by atoms with Gasteiger partial charge in [-0.3, -0.25) is 9.69 Å². The van der Waals surface area contributed by atoms with Gasteiger partial charge in [0.2, 0.25) is 0 Å². The van der Waals surface area contributed by atoms with Crippen molar-refractivity contribution in [3.63, 3.8) is 0 Å². The van der Waals surface area contributed by atoms with Gasteiger partial charge in [0, 0.05) is 30.2 Å². The maximum Gasteiger partial charge on any atom is 0.410 e. The maximum atomic E-state index is 12.5. The molecule has 8 nitrogen and oxygen atoms in total. The Morgan fingerprint density at radius 1 is 1.23 bits per heavy atom. The lowest BCUT2D eigenvalue weighted by Gasteiger charge is -2.55. The fourth-order valence-corrected chi connectivity index (χ4v) is 4.98. The summed E-state index contributed by atoms with van der Waals surface area (Å²) in [4.78, 5) is 37.7. The summed E-state index contributed by atoms with van der Waals surface area (Å²) in [6, 6.07) is 4.25. The van der Waals surface area contributed by atoms with Crippen LogP contribution in [0.1, 0.15) is 44.5 Å². The lowest BCUT2D eigenvalue weighted by atomic mass is 9.88.